The van der Waals surface area contributed by atoms with Crippen LogP contribution < -0.4 is 5.32 Å². The number of amidine groups is 1. The van der Waals surface area contributed by atoms with Crippen LogP contribution >= 0.6 is 0 Å². The Morgan fingerprint density at radius 3 is 2.58 bits per heavy atom. The van der Waals surface area contributed by atoms with Crippen LogP contribution in [-0.2, 0) is 9.53 Å². The van der Waals surface area contributed by atoms with Crippen LogP contribution in [0.15, 0.2) is 77.4 Å². The highest BCUT2D eigenvalue weighted by atomic mass is 16.5. The van der Waals surface area contributed by atoms with Crippen molar-refractivity contribution in [2.24, 2.45) is 9.98 Å². The molecule has 2 heterocycles. The second kappa shape index (κ2) is 12.7. The van der Waals surface area contributed by atoms with E-state index in [-0.39, 0.29) is 11.8 Å². The molecule has 3 aromatic rings. The van der Waals surface area contributed by atoms with Gasteiger partial charge in [-0.15, -0.1) is 0 Å². The summed E-state index contributed by atoms with van der Waals surface area (Å²) >= 11 is 0. The van der Waals surface area contributed by atoms with Crippen LogP contribution in [0.25, 0.3) is 0 Å². The lowest BCUT2D eigenvalue weighted by atomic mass is 10.0. The Bertz CT molecular complexity index is 1350. The molecule has 0 unspecified atom stereocenters. The van der Waals surface area contributed by atoms with Crippen LogP contribution in [0.3, 0.4) is 0 Å². The van der Waals surface area contributed by atoms with Gasteiger partial charge in [-0.3, -0.25) is 14.7 Å². The number of aryl methyl sites for hydroxylation is 1. The van der Waals surface area contributed by atoms with Gasteiger partial charge in [0, 0.05) is 47.6 Å². The molecule has 4 rings (SSSR count). The minimum Gasteiger partial charge on any atom is -0.378 e. The number of nitrogens with zero attached hydrogens (tertiary/aromatic N) is 4. The molecule has 9 heteroatoms. The van der Waals surface area contributed by atoms with Crippen LogP contribution in [0.4, 0.5) is 11.4 Å². The Kier molecular flexibility index (Phi) is 8.94. The van der Waals surface area contributed by atoms with Gasteiger partial charge in [-0.25, -0.2) is 9.98 Å². The zero-order chi connectivity index (χ0) is 26.9. The summed E-state index contributed by atoms with van der Waals surface area (Å²) in [7, 11) is 0. The topological polar surface area (TPSA) is 112 Å². The quantitative estimate of drug-likeness (QED) is 0.259. The van der Waals surface area contributed by atoms with Gasteiger partial charge in [-0.05, 0) is 55.8 Å². The number of amides is 2. The van der Waals surface area contributed by atoms with Crippen molar-refractivity contribution in [2.45, 2.75) is 26.7 Å². The summed E-state index contributed by atoms with van der Waals surface area (Å²) in [5.74, 6) is 0.358. The molecule has 38 heavy (non-hydrogen) atoms. The van der Waals surface area contributed by atoms with Gasteiger partial charge in [-0.1, -0.05) is 25.6 Å². The number of rotatable bonds is 8. The molecule has 196 valence electrons. The summed E-state index contributed by atoms with van der Waals surface area (Å²) < 4.78 is 5.35. The van der Waals surface area contributed by atoms with E-state index in [4.69, 9.17) is 14.7 Å². The number of morpholine rings is 1. The normalized spacial score (nSPS) is 14.3. The Labute approximate surface area is 222 Å². The minimum absolute atomic E-state index is 0.00298. The van der Waals surface area contributed by atoms with E-state index in [1.807, 2.05) is 43.3 Å². The number of aromatic nitrogens is 2. The number of hydrogen-bond donors (Lipinski definition) is 2. The smallest absolute Gasteiger partial charge is 0.254 e. The Balaban J connectivity index is 1.67. The molecule has 2 N–H and O–H groups in total. The first-order valence-corrected chi connectivity index (χ1v) is 12.7. The van der Waals surface area contributed by atoms with Gasteiger partial charge < -0.3 is 15.0 Å². The molecule has 1 saturated heterocycles. The van der Waals surface area contributed by atoms with Crippen molar-refractivity contribution in [3.05, 3.63) is 89.8 Å². The maximum atomic E-state index is 12.8. The van der Waals surface area contributed by atoms with Crippen molar-refractivity contribution in [3.8, 4) is 0 Å². The van der Waals surface area contributed by atoms with E-state index in [0.29, 0.717) is 61.2 Å². The number of nitrogens with one attached hydrogen (secondary N) is 2. The molecule has 0 radical (unpaired) electrons. The van der Waals surface area contributed by atoms with Gasteiger partial charge in [0.1, 0.15) is 5.84 Å². The first-order chi connectivity index (χ1) is 18.5. The highest BCUT2D eigenvalue weighted by Gasteiger charge is 2.18. The zero-order valence-corrected chi connectivity index (χ0v) is 21.7. The lowest BCUT2D eigenvalue weighted by molar-refractivity contribution is -0.111. The average molecular weight is 513 g/mol. The molecule has 9 nitrogen and oxygen atoms in total. The SMILES string of the molecule is C=CC(=O)Nc1cccc(C(=NC(CCC)=Nc2ccc(C(=O)N3CCOCC3)cc2)c2cn[nH]c2C)c1. The molecule has 0 aliphatic carbocycles. The number of benzene rings is 2. The van der Waals surface area contributed by atoms with Crippen molar-refractivity contribution < 1.29 is 14.3 Å². The highest BCUT2D eigenvalue weighted by molar-refractivity contribution is 6.18. The molecular formula is C29H32N6O3. The van der Waals surface area contributed by atoms with Crippen LogP contribution in [0.5, 0.6) is 0 Å². The lowest BCUT2D eigenvalue weighted by Crippen LogP contribution is -2.40. The second-order valence-electron chi connectivity index (χ2n) is 8.87. The molecule has 0 spiro atoms. The average Bonchev–Trinajstić information content (AvgIpc) is 3.37. The molecule has 1 aromatic heterocycles. The van der Waals surface area contributed by atoms with Crippen molar-refractivity contribution in [1.82, 2.24) is 15.1 Å². The number of H-pyrrole nitrogens is 1. The number of aromatic amines is 1. The number of ether oxygens (including phenoxy) is 1. The summed E-state index contributed by atoms with van der Waals surface area (Å²) in [6.07, 6.45) is 4.47. The molecule has 2 amide bonds. The van der Waals surface area contributed by atoms with E-state index >= 15 is 0 Å². The monoisotopic (exact) mass is 512 g/mol. The van der Waals surface area contributed by atoms with Gasteiger partial charge in [0.15, 0.2) is 0 Å². The summed E-state index contributed by atoms with van der Waals surface area (Å²) in [5.41, 5.74) is 5.18. The summed E-state index contributed by atoms with van der Waals surface area (Å²) in [5, 5.41) is 9.96. The fourth-order valence-electron chi connectivity index (χ4n) is 4.07. The first kappa shape index (κ1) is 26.7. The summed E-state index contributed by atoms with van der Waals surface area (Å²) in [4.78, 5) is 36.2. The number of hydrogen-bond acceptors (Lipinski definition) is 5. The standard InChI is InChI=1S/C29H32N6O3/c1-4-7-26(31-23-12-10-21(11-13-23)29(37)35-14-16-38-17-15-35)33-28(25-19-30-34-20(25)3)22-8-6-9-24(18-22)32-27(36)5-2/h5-6,8-13,18-19H,2,4,7,14-17H2,1,3H3,(H,30,34)(H,32,36). The fourth-order valence-corrected chi connectivity index (χ4v) is 4.07. The molecular weight excluding hydrogens is 480 g/mol. The van der Waals surface area contributed by atoms with E-state index in [9.17, 15) is 9.59 Å². The van der Waals surface area contributed by atoms with Gasteiger partial charge >= 0.3 is 0 Å². The number of carbonyl (C=O) groups excluding carboxylic acids is 2. The zero-order valence-electron chi connectivity index (χ0n) is 21.7. The van der Waals surface area contributed by atoms with Gasteiger partial charge in [0.25, 0.3) is 5.91 Å². The molecule has 0 bridgehead atoms. The molecule has 0 atom stereocenters. The lowest BCUT2D eigenvalue weighted by Gasteiger charge is -2.26. The molecule has 1 aliphatic heterocycles. The largest absolute Gasteiger partial charge is 0.378 e. The second-order valence-corrected chi connectivity index (χ2v) is 8.87. The number of aliphatic imine (C=N–C) groups is 2. The Morgan fingerprint density at radius 2 is 1.92 bits per heavy atom. The minimum atomic E-state index is -0.288. The summed E-state index contributed by atoms with van der Waals surface area (Å²) in [6, 6.07) is 14.8. The Hall–Kier alpha value is -4.37. The Morgan fingerprint density at radius 1 is 1.16 bits per heavy atom. The molecule has 1 fully saturated rings. The van der Waals surface area contributed by atoms with Gasteiger partial charge in [0.05, 0.1) is 30.8 Å². The van der Waals surface area contributed by atoms with Crippen molar-refractivity contribution in [3.63, 3.8) is 0 Å². The molecule has 0 saturated carbocycles. The van der Waals surface area contributed by atoms with Crippen molar-refractivity contribution in [2.75, 3.05) is 31.6 Å². The third kappa shape index (κ3) is 6.68. The predicted molar refractivity (Wildman–Crippen MR) is 149 cm³/mol. The van der Waals surface area contributed by atoms with E-state index in [1.165, 1.54) is 6.08 Å². The van der Waals surface area contributed by atoms with Crippen LogP contribution in [0.2, 0.25) is 0 Å². The van der Waals surface area contributed by atoms with Crippen LogP contribution in [0, 0.1) is 6.92 Å². The van der Waals surface area contributed by atoms with E-state index in [2.05, 4.69) is 29.0 Å². The van der Waals surface area contributed by atoms with E-state index in [1.54, 1.807) is 23.2 Å². The fraction of sp³-hybridized carbons (Fsp3) is 0.276. The summed E-state index contributed by atoms with van der Waals surface area (Å²) in [6.45, 7) is 9.85. The molecule has 1 aliphatic rings. The molecule has 2 aromatic carbocycles. The third-order valence-corrected chi connectivity index (χ3v) is 6.06. The van der Waals surface area contributed by atoms with Crippen molar-refractivity contribution in [1.29, 1.82) is 0 Å². The van der Waals surface area contributed by atoms with Crippen LogP contribution in [-0.4, -0.2) is 64.8 Å². The number of carbonyl (C=O) groups is 2. The first-order valence-electron chi connectivity index (χ1n) is 12.7. The van der Waals surface area contributed by atoms with Crippen LogP contribution in [0.1, 0.15) is 46.9 Å². The number of anilines is 1. The van der Waals surface area contributed by atoms with Crippen molar-refractivity contribution >= 4 is 34.7 Å². The van der Waals surface area contributed by atoms with Gasteiger partial charge in [-0.2, -0.15) is 5.10 Å². The maximum Gasteiger partial charge on any atom is 0.254 e. The third-order valence-electron chi connectivity index (χ3n) is 6.06. The van der Waals surface area contributed by atoms with Gasteiger partial charge in [0.2, 0.25) is 5.91 Å². The predicted octanol–water partition coefficient (Wildman–Crippen LogP) is 4.68. The van der Waals surface area contributed by atoms with E-state index < -0.39 is 0 Å². The maximum absolute atomic E-state index is 12.8. The highest BCUT2D eigenvalue weighted by Crippen LogP contribution is 2.21. The van der Waals surface area contributed by atoms with E-state index in [0.717, 1.165) is 23.2 Å².